The van der Waals surface area contributed by atoms with E-state index < -0.39 is 12.9 Å². The van der Waals surface area contributed by atoms with Gasteiger partial charge in [0.15, 0.2) is 11.6 Å². The highest BCUT2D eigenvalue weighted by Gasteiger charge is 2.16. The first-order valence-corrected chi connectivity index (χ1v) is 4.85. The molecule has 15 heavy (non-hydrogen) atoms. The molecular weight excluding hydrogens is 198 g/mol. The maximum atomic E-state index is 13.5. The van der Waals surface area contributed by atoms with Crippen LogP contribution in [-0.4, -0.2) is 23.8 Å². The summed E-state index contributed by atoms with van der Waals surface area (Å²) in [5.41, 5.74) is 0.576. The van der Waals surface area contributed by atoms with E-state index in [1.165, 1.54) is 12.1 Å². The van der Waals surface area contributed by atoms with Crippen molar-refractivity contribution in [3.8, 4) is 5.75 Å². The molecule has 0 aromatic heterocycles. The van der Waals surface area contributed by atoms with Crippen LogP contribution in [-0.2, 0) is 0 Å². The van der Waals surface area contributed by atoms with Gasteiger partial charge in [0.2, 0.25) is 0 Å². The number of benzene rings is 1. The van der Waals surface area contributed by atoms with Gasteiger partial charge in [-0.1, -0.05) is 13.0 Å². The van der Waals surface area contributed by atoms with Gasteiger partial charge in [-0.25, -0.2) is 4.39 Å². The Morgan fingerprint density at radius 1 is 1.40 bits per heavy atom. The second kappa shape index (κ2) is 5.14. The quantitative estimate of drug-likeness (QED) is 0.718. The Bertz CT molecular complexity index is 342. The van der Waals surface area contributed by atoms with E-state index >= 15 is 0 Å². The molecule has 82 valence electrons. The van der Waals surface area contributed by atoms with Crippen molar-refractivity contribution in [2.75, 3.05) is 6.61 Å². The topological polar surface area (TPSA) is 49.7 Å². The van der Waals surface area contributed by atoms with Crippen LogP contribution in [0.3, 0.4) is 0 Å². The molecule has 1 rings (SSSR count). The molecule has 0 unspecified atom stereocenters. The Hall–Kier alpha value is -1.07. The summed E-state index contributed by atoms with van der Waals surface area (Å²) in [6.45, 7) is 3.87. The van der Waals surface area contributed by atoms with E-state index in [0.29, 0.717) is 12.2 Å². The first kappa shape index (κ1) is 12.0. The summed E-state index contributed by atoms with van der Waals surface area (Å²) in [6.07, 6.45) is 0.768. The number of hydrogen-bond donors (Lipinski definition) is 2. The van der Waals surface area contributed by atoms with Gasteiger partial charge in [0.05, 0.1) is 6.61 Å². The van der Waals surface area contributed by atoms with Gasteiger partial charge >= 0.3 is 7.12 Å². The van der Waals surface area contributed by atoms with E-state index in [2.05, 4.69) is 0 Å². The van der Waals surface area contributed by atoms with Crippen LogP contribution in [0, 0.1) is 12.7 Å². The van der Waals surface area contributed by atoms with Crippen molar-refractivity contribution < 1.29 is 19.2 Å². The van der Waals surface area contributed by atoms with E-state index in [-0.39, 0.29) is 11.2 Å². The van der Waals surface area contributed by atoms with Gasteiger partial charge in [-0.3, -0.25) is 0 Å². The molecule has 2 N–H and O–H groups in total. The summed E-state index contributed by atoms with van der Waals surface area (Å²) < 4.78 is 18.6. The third-order valence-corrected chi connectivity index (χ3v) is 2.00. The van der Waals surface area contributed by atoms with Crippen molar-refractivity contribution in [2.45, 2.75) is 20.3 Å². The van der Waals surface area contributed by atoms with Crippen LogP contribution in [0.1, 0.15) is 18.9 Å². The molecule has 0 aliphatic rings. The molecule has 0 saturated heterocycles. The molecule has 0 radical (unpaired) electrons. The third-order valence-electron chi connectivity index (χ3n) is 2.00. The molecule has 0 aliphatic heterocycles. The van der Waals surface area contributed by atoms with Gasteiger partial charge in [-0.15, -0.1) is 0 Å². The second-order valence-electron chi connectivity index (χ2n) is 3.37. The molecule has 0 aliphatic carbocycles. The van der Waals surface area contributed by atoms with Crippen molar-refractivity contribution >= 4 is 12.6 Å². The molecule has 0 spiro atoms. The first-order valence-electron chi connectivity index (χ1n) is 4.85. The number of hydrogen-bond acceptors (Lipinski definition) is 3. The zero-order valence-electron chi connectivity index (χ0n) is 8.83. The van der Waals surface area contributed by atoms with Crippen LogP contribution in [0.5, 0.6) is 5.75 Å². The number of aryl methyl sites for hydroxylation is 1. The molecule has 1 aromatic rings. The molecule has 0 fully saturated rings. The smallest absolute Gasteiger partial charge is 0.488 e. The highest BCUT2D eigenvalue weighted by molar-refractivity contribution is 6.58. The van der Waals surface area contributed by atoms with Gasteiger partial charge in [0, 0.05) is 0 Å². The Labute approximate surface area is 88.7 Å². The summed E-state index contributed by atoms with van der Waals surface area (Å²) in [7, 11) is -1.60. The summed E-state index contributed by atoms with van der Waals surface area (Å²) in [6, 6.07) is 2.70. The fourth-order valence-corrected chi connectivity index (χ4v) is 1.23. The average Bonchev–Trinajstić information content (AvgIpc) is 2.19. The maximum Gasteiger partial charge on any atom is 0.488 e. The average molecular weight is 212 g/mol. The van der Waals surface area contributed by atoms with Crippen molar-refractivity contribution in [3.05, 3.63) is 23.5 Å². The lowest BCUT2D eigenvalue weighted by Gasteiger charge is -2.10. The largest absolute Gasteiger partial charge is 0.491 e. The van der Waals surface area contributed by atoms with E-state index in [9.17, 15) is 4.39 Å². The lowest BCUT2D eigenvalue weighted by Crippen LogP contribution is -2.30. The van der Waals surface area contributed by atoms with Gasteiger partial charge in [-0.05, 0) is 30.4 Å². The molecule has 0 heterocycles. The van der Waals surface area contributed by atoms with Crippen LogP contribution in [0.2, 0.25) is 0 Å². The minimum Gasteiger partial charge on any atom is -0.491 e. The predicted molar refractivity (Wildman–Crippen MR) is 56.7 cm³/mol. The lowest BCUT2D eigenvalue weighted by molar-refractivity contribution is 0.300. The Morgan fingerprint density at radius 3 is 2.60 bits per heavy atom. The molecule has 1 aromatic carbocycles. The Kier molecular flexibility index (Phi) is 4.11. The van der Waals surface area contributed by atoms with Gasteiger partial charge in [0.1, 0.15) is 0 Å². The van der Waals surface area contributed by atoms with Crippen molar-refractivity contribution in [3.63, 3.8) is 0 Å². The molecule has 3 nitrogen and oxygen atoms in total. The first-order chi connectivity index (χ1) is 7.06. The second-order valence-corrected chi connectivity index (χ2v) is 3.37. The molecular formula is C10H14BFO3. The summed E-state index contributed by atoms with van der Waals surface area (Å²) in [4.78, 5) is 0. The summed E-state index contributed by atoms with van der Waals surface area (Å²) >= 11 is 0. The molecule has 5 heteroatoms. The van der Waals surface area contributed by atoms with E-state index in [1.54, 1.807) is 6.92 Å². The fraction of sp³-hybridized carbons (Fsp3) is 0.400. The SMILES string of the molecule is CCCOc1cc(B(O)O)cc(C)c1F. The lowest BCUT2D eigenvalue weighted by atomic mass is 9.79. The number of halogens is 1. The van der Waals surface area contributed by atoms with Gasteiger partial charge in [0.25, 0.3) is 0 Å². The molecule has 0 amide bonds. The summed E-state index contributed by atoms with van der Waals surface area (Å²) in [5.74, 6) is -0.382. The standard InChI is InChI=1S/C10H14BFO3/c1-3-4-15-9-6-8(11(13)14)5-7(2)10(9)12/h5-6,13-14H,3-4H2,1-2H3. The zero-order valence-corrected chi connectivity index (χ0v) is 8.83. The van der Waals surface area contributed by atoms with Crippen LogP contribution in [0.15, 0.2) is 12.1 Å². The monoisotopic (exact) mass is 212 g/mol. The van der Waals surface area contributed by atoms with Crippen LogP contribution >= 0.6 is 0 Å². The fourth-order valence-electron chi connectivity index (χ4n) is 1.23. The van der Waals surface area contributed by atoms with Crippen LogP contribution in [0.25, 0.3) is 0 Å². The van der Waals surface area contributed by atoms with Gasteiger partial charge < -0.3 is 14.8 Å². The maximum absolute atomic E-state index is 13.5. The highest BCUT2D eigenvalue weighted by Crippen LogP contribution is 2.18. The number of ether oxygens (including phenoxy) is 1. The van der Waals surface area contributed by atoms with Crippen molar-refractivity contribution in [1.29, 1.82) is 0 Å². The molecule has 0 bridgehead atoms. The van der Waals surface area contributed by atoms with Crippen molar-refractivity contribution in [2.24, 2.45) is 0 Å². The highest BCUT2D eigenvalue weighted by atomic mass is 19.1. The molecule has 0 saturated carbocycles. The Balaban J connectivity index is 3.02. The van der Waals surface area contributed by atoms with Crippen LogP contribution in [0.4, 0.5) is 4.39 Å². The van der Waals surface area contributed by atoms with Crippen molar-refractivity contribution in [1.82, 2.24) is 0 Å². The van der Waals surface area contributed by atoms with Gasteiger partial charge in [-0.2, -0.15) is 0 Å². The van der Waals surface area contributed by atoms with E-state index in [0.717, 1.165) is 6.42 Å². The number of rotatable bonds is 4. The predicted octanol–water partition coefficient (Wildman–Crippen LogP) is 0.603. The molecule has 0 atom stereocenters. The third kappa shape index (κ3) is 2.94. The minimum absolute atomic E-state index is 0.0694. The normalized spacial score (nSPS) is 10.2. The van der Waals surface area contributed by atoms with E-state index in [4.69, 9.17) is 14.8 Å². The van der Waals surface area contributed by atoms with Crippen LogP contribution < -0.4 is 10.2 Å². The Morgan fingerprint density at radius 2 is 2.07 bits per heavy atom. The summed E-state index contributed by atoms with van der Waals surface area (Å²) in [5, 5.41) is 17.9. The van der Waals surface area contributed by atoms with E-state index in [1.807, 2.05) is 6.92 Å². The zero-order chi connectivity index (χ0) is 11.4. The minimum atomic E-state index is -1.60.